The van der Waals surface area contributed by atoms with Crippen LogP contribution in [0.1, 0.15) is 249 Å². The molecule has 5 aromatic carbocycles. The van der Waals surface area contributed by atoms with E-state index in [1.165, 1.54) is 89.9 Å². The molecule has 0 N–H and O–H groups in total. The van der Waals surface area contributed by atoms with E-state index in [9.17, 15) is 19.2 Å². The summed E-state index contributed by atoms with van der Waals surface area (Å²) in [6, 6.07) is 14.3. The largest absolute Gasteiger partial charge is 0.274 e. The lowest BCUT2D eigenvalue weighted by molar-refractivity contribution is 0.0562. The first kappa shape index (κ1) is 49.6. The van der Waals surface area contributed by atoms with Crippen LogP contribution in [0.25, 0.3) is 43.1 Å². The molecule has 5 aromatic rings. The number of imide groups is 2. The number of rotatable bonds is 31. The molecule has 7 rings (SSSR count). The van der Waals surface area contributed by atoms with E-state index in [1.54, 1.807) is 9.80 Å². The number of nitrogens with zero attached hydrogens (tertiary/aromatic N) is 2. The minimum Gasteiger partial charge on any atom is -0.274 e. The maximum Gasteiger partial charge on any atom is 0.261 e. The van der Waals surface area contributed by atoms with Gasteiger partial charge in [0, 0.05) is 46.1 Å². The summed E-state index contributed by atoms with van der Waals surface area (Å²) in [7, 11) is 0. The van der Waals surface area contributed by atoms with Crippen molar-refractivity contribution in [3.8, 4) is 0 Å². The van der Waals surface area contributed by atoms with Gasteiger partial charge < -0.3 is 0 Å². The average Bonchev–Trinajstić information content (AvgIpc) is 3.33. The zero-order valence-corrected chi connectivity index (χ0v) is 41.7. The number of benzene rings is 5. The Morgan fingerprint density at radius 1 is 0.348 bits per heavy atom. The predicted molar refractivity (Wildman–Crippen MR) is 277 cm³/mol. The molecule has 2 aliphatic heterocycles. The molecular weight excluding hydrogens is 813 g/mol. The van der Waals surface area contributed by atoms with Crippen LogP contribution in [0, 0.1) is 11.8 Å². The van der Waals surface area contributed by atoms with Crippen molar-refractivity contribution in [1.82, 2.24) is 9.80 Å². The molecule has 2 unspecified atom stereocenters. The molecule has 0 aliphatic carbocycles. The van der Waals surface area contributed by atoms with Gasteiger partial charge in [-0.15, -0.1) is 0 Å². The van der Waals surface area contributed by atoms with Crippen molar-refractivity contribution in [3.63, 3.8) is 0 Å². The summed E-state index contributed by atoms with van der Waals surface area (Å²) in [5.74, 6) is -0.120. The van der Waals surface area contributed by atoms with Crippen molar-refractivity contribution in [2.24, 2.45) is 11.8 Å². The second-order valence-electron chi connectivity index (χ2n) is 20.5. The Morgan fingerprint density at radius 3 is 1.14 bits per heavy atom. The Labute approximate surface area is 397 Å². The molecule has 0 bridgehead atoms. The van der Waals surface area contributed by atoms with E-state index in [-0.39, 0.29) is 23.6 Å². The number of hydrogen-bond donors (Lipinski definition) is 0. The number of carbonyl (C=O) groups excluding carboxylic acids is 4. The van der Waals surface area contributed by atoms with Crippen molar-refractivity contribution >= 4 is 66.7 Å². The third-order valence-corrected chi connectivity index (χ3v) is 15.5. The lowest BCUT2D eigenvalue weighted by Crippen LogP contribution is -2.43. The highest BCUT2D eigenvalue weighted by atomic mass is 16.2. The van der Waals surface area contributed by atoms with Gasteiger partial charge in [0.05, 0.1) is 0 Å². The van der Waals surface area contributed by atoms with Crippen LogP contribution in [0.15, 0.2) is 42.5 Å². The van der Waals surface area contributed by atoms with E-state index in [2.05, 4.69) is 58.9 Å². The fraction of sp³-hybridized carbons (Fsp3) is 0.600. The van der Waals surface area contributed by atoms with Gasteiger partial charge in [0.25, 0.3) is 23.6 Å². The van der Waals surface area contributed by atoms with Gasteiger partial charge in [-0.25, -0.2) is 0 Å². The zero-order chi connectivity index (χ0) is 46.6. The molecule has 0 fully saturated rings. The lowest BCUT2D eigenvalue weighted by atomic mass is 9.79. The van der Waals surface area contributed by atoms with Crippen LogP contribution < -0.4 is 0 Å². The Hall–Kier alpha value is -4.32. The van der Waals surface area contributed by atoms with Crippen LogP contribution in [-0.2, 0) is 6.42 Å². The Morgan fingerprint density at radius 2 is 0.697 bits per heavy atom. The average molecular weight is 895 g/mol. The fourth-order valence-electron chi connectivity index (χ4n) is 11.8. The molecule has 2 atom stereocenters. The van der Waals surface area contributed by atoms with Gasteiger partial charge >= 0.3 is 0 Å². The Kier molecular flexibility index (Phi) is 18.1. The normalized spacial score (nSPS) is 14.9. The van der Waals surface area contributed by atoms with E-state index in [0.29, 0.717) is 47.2 Å². The van der Waals surface area contributed by atoms with Crippen LogP contribution in [0.4, 0.5) is 0 Å². The molecule has 356 valence electrons. The zero-order valence-electron chi connectivity index (χ0n) is 41.7. The number of amides is 4. The first-order valence-corrected chi connectivity index (χ1v) is 27.2. The molecule has 0 spiro atoms. The highest BCUT2D eigenvalue weighted by Crippen LogP contribution is 2.48. The quantitative estimate of drug-likeness (QED) is 0.0192. The smallest absolute Gasteiger partial charge is 0.261 e. The first-order chi connectivity index (χ1) is 32.3. The Bertz CT molecular complexity index is 2420. The Balaban J connectivity index is 1.28. The molecule has 66 heavy (non-hydrogen) atoms. The molecule has 6 nitrogen and oxygen atoms in total. The summed E-state index contributed by atoms with van der Waals surface area (Å²) in [4.78, 5) is 62.3. The van der Waals surface area contributed by atoms with E-state index < -0.39 is 0 Å². The third kappa shape index (κ3) is 10.7. The van der Waals surface area contributed by atoms with Gasteiger partial charge in [0.2, 0.25) is 0 Å². The van der Waals surface area contributed by atoms with Gasteiger partial charge in [-0.3, -0.25) is 29.0 Å². The second-order valence-corrected chi connectivity index (χ2v) is 20.5. The maximum atomic E-state index is 15.0. The van der Waals surface area contributed by atoms with E-state index in [1.807, 2.05) is 18.2 Å². The highest BCUT2D eigenvalue weighted by Gasteiger charge is 2.39. The molecule has 6 heteroatoms. The van der Waals surface area contributed by atoms with Crippen molar-refractivity contribution in [3.05, 3.63) is 70.3 Å². The molecule has 2 heterocycles. The van der Waals surface area contributed by atoms with Crippen LogP contribution >= 0.6 is 0 Å². The summed E-state index contributed by atoms with van der Waals surface area (Å²) in [6.07, 6.45) is 30.9. The predicted octanol–water partition coefficient (Wildman–Crippen LogP) is 16.9. The molecule has 0 aromatic heterocycles. The SMILES string of the molecule is CCCCCCCC(CCCCCC)CN1C(=O)c2ccc3c4ccc5c6c(cc(CCCCCC)c(c7ccc(c2c37)C1=O)c64)C(=O)N(CC(CCCCCC)CCCCCCC)C5=O. The monoisotopic (exact) mass is 895 g/mol. The number of aryl methyl sites for hydroxylation is 1. The lowest BCUT2D eigenvalue weighted by Gasteiger charge is -2.33. The summed E-state index contributed by atoms with van der Waals surface area (Å²) in [5, 5.41) is 7.44. The van der Waals surface area contributed by atoms with Crippen LogP contribution in [0.3, 0.4) is 0 Å². The molecule has 4 amide bonds. The summed E-state index contributed by atoms with van der Waals surface area (Å²) >= 11 is 0. The first-order valence-electron chi connectivity index (χ1n) is 27.2. The number of fused-ring (bicyclic) bond motifs is 2. The standard InChI is InChI=1S/C60H82N2O4/c1-6-11-16-21-25-30-42(28-23-18-13-8-3)40-61-57(63)48-36-33-45-46-34-37-50-55-51(60(66)62(59(50)65)41-43(29-24-19-14-9-4)31-26-22-17-12-7-2)39-44(32-27-20-15-10-5)52(56(46)55)47-35-38-49(58(61)64)54(48)53(45)47/h33-39,42-43H,6-32,40-41H2,1-5H3. The summed E-state index contributed by atoms with van der Waals surface area (Å²) in [6.45, 7) is 12.1. The van der Waals surface area contributed by atoms with Gasteiger partial charge in [-0.1, -0.05) is 188 Å². The van der Waals surface area contributed by atoms with E-state index in [0.717, 1.165) is 132 Å². The number of hydrogen-bond acceptors (Lipinski definition) is 4. The van der Waals surface area contributed by atoms with Gasteiger partial charge in [-0.2, -0.15) is 0 Å². The molecule has 0 saturated carbocycles. The summed E-state index contributed by atoms with van der Waals surface area (Å²) in [5.41, 5.74) is 3.58. The third-order valence-electron chi connectivity index (χ3n) is 15.5. The summed E-state index contributed by atoms with van der Waals surface area (Å²) < 4.78 is 0. The van der Waals surface area contributed by atoms with Crippen molar-refractivity contribution in [1.29, 1.82) is 0 Å². The van der Waals surface area contributed by atoms with Crippen LogP contribution in [0.2, 0.25) is 0 Å². The molecular formula is C60H82N2O4. The minimum atomic E-state index is -0.183. The number of unbranched alkanes of at least 4 members (excludes halogenated alkanes) is 17. The van der Waals surface area contributed by atoms with Gasteiger partial charge in [0.1, 0.15) is 0 Å². The van der Waals surface area contributed by atoms with Gasteiger partial charge in [0.15, 0.2) is 0 Å². The van der Waals surface area contributed by atoms with Crippen LogP contribution in [-0.4, -0.2) is 46.5 Å². The second kappa shape index (κ2) is 24.1. The fourth-order valence-corrected chi connectivity index (χ4v) is 11.8. The van der Waals surface area contributed by atoms with Crippen molar-refractivity contribution in [2.75, 3.05) is 13.1 Å². The van der Waals surface area contributed by atoms with Crippen molar-refractivity contribution in [2.45, 2.75) is 208 Å². The van der Waals surface area contributed by atoms with Crippen LogP contribution in [0.5, 0.6) is 0 Å². The molecule has 0 saturated heterocycles. The topological polar surface area (TPSA) is 74.8 Å². The number of carbonyl (C=O) groups is 4. The van der Waals surface area contributed by atoms with E-state index >= 15 is 0 Å². The minimum absolute atomic E-state index is 0.160. The highest BCUT2D eigenvalue weighted by molar-refractivity contribution is 6.41. The van der Waals surface area contributed by atoms with Crippen molar-refractivity contribution < 1.29 is 19.2 Å². The van der Waals surface area contributed by atoms with E-state index in [4.69, 9.17) is 0 Å². The molecule has 0 radical (unpaired) electrons. The van der Waals surface area contributed by atoms with Gasteiger partial charge in [-0.05, 0) is 113 Å². The maximum absolute atomic E-state index is 15.0. The molecule has 2 aliphatic rings.